The summed E-state index contributed by atoms with van der Waals surface area (Å²) >= 11 is 0. The number of fused-ring (bicyclic) bond motifs is 1. The molecular formula is C14H17FN4O. The molecule has 6 heteroatoms. The van der Waals surface area contributed by atoms with Gasteiger partial charge >= 0.3 is 0 Å². The molecule has 1 atom stereocenters. The smallest absolute Gasteiger partial charge is 0.127 e. The maximum atomic E-state index is 13.3. The summed E-state index contributed by atoms with van der Waals surface area (Å²) in [6.45, 7) is 2.66. The van der Waals surface area contributed by atoms with E-state index in [0.29, 0.717) is 17.9 Å². The molecule has 0 aliphatic carbocycles. The minimum absolute atomic E-state index is 0.0496. The molecular weight excluding hydrogens is 259 g/mol. The van der Waals surface area contributed by atoms with Crippen molar-refractivity contribution in [2.45, 2.75) is 19.5 Å². The Hall–Kier alpha value is -1.97. The molecule has 0 saturated heterocycles. The number of halogens is 1. The maximum absolute atomic E-state index is 13.3. The van der Waals surface area contributed by atoms with E-state index < -0.39 is 0 Å². The summed E-state index contributed by atoms with van der Waals surface area (Å²) in [5.74, 6) is 0.352. The molecule has 0 aliphatic rings. The standard InChI is InChI=1S/C14H17FN4O/c1-10(18(2)7-8-20)14-17-12-9-11(15)3-4-13(12)19(14)6-5-16/h3-4,9-10,20H,6-8H2,1-2H3. The molecule has 2 aromatic rings. The Morgan fingerprint density at radius 2 is 2.30 bits per heavy atom. The zero-order valence-corrected chi connectivity index (χ0v) is 11.5. The van der Waals surface area contributed by atoms with Crippen molar-refractivity contribution in [2.75, 3.05) is 20.2 Å². The molecule has 1 aromatic heterocycles. The topological polar surface area (TPSA) is 65.1 Å². The second kappa shape index (κ2) is 5.99. The van der Waals surface area contributed by atoms with Crippen LogP contribution in [0.15, 0.2) is 18.2 Å². The predicted octanol–water partition coefficient (Wildman–Crippen LogP) is 1.68. The van der Waals surface area contributed by atoms with E-state index in [2.05, 4.69) is 11.1 Å². The normalized spacial score (nSPS) is 12.8. The highest BCUT2D eigenvalue weighted by Crippen LogP contribution is 2.24. The highest BCUT2D eigenvalue weighted by molar-refractivity contribution is 5.76. The van der Waals surface area contributed by atoms with Gasteiger partial charge in [-0.05, 0) is 26.1 Å². The number of nitriles is 1. The van der Waals surface area contributed by atoms with Gasteiger partial charge in [0.25, 0.3) is 0 Å². The van der Waals surface area contributed by atoms with Crippen LogP contribution in [0.5, 0.6) is 0 Å². The lowest BCUT2D eigenvalue weighted by Crippen LogP contribution is -2.27. The fraction of sp³-hybridized carbons (Fsp3) is 0.429. The fourth-order valence-electron chi connectivity index (χ4n) is 2.23. The summed E-state index contributed by atoms with van der Waals surface area (Å²) in [6.07, 6.45) is 0. The van der Waals surface area contributed by atoms with Gasteiger partial charge in [-0.25, -0.2) is 9.37 Å². The number of hydrogen-bond donors (Lipinski definition) is 1. The van der Waals surface area contributed by atoms with Gasteiger partial charge in [-0.2, -0.15) is 5.26 Å². The summed E-state index contributed by atoms with van der Waals surface area (Å²) < 4.78 is 15.1. The number of rotatable bonds is 5. The zero-order valence-electron chi connectivity index (χ0n) is 11.5. The van der Waals surface area contributed by atoms with E-state index in [1.807, 2.05) is 18.9 Å². The number of hydrogen-bond acceptors (Lipinski definition) is 4. The molecule has 2 rings (SSSR count). The Labute approximate surface area is 116 Å². The summed E-state index contributed by atoms with van der Waals surface area (Å²) in [6, 6.07) is 6.39. The van der Waals surface area contributed by atoms with Gasteiger partial charge in [0.1, 0.15) is 18.2 Å². The van der Waals surface area contributed by atoms with Crippen LogP contribution in [0.1, 0.15) is 18.8 Å². The first kappa shape index (κ1) is 14.4. The van der Waals surface area contributed by atoms with Gasteiger partial charge in [-0.1, -0.05) is 0 Å². The van der Waals surface area contributed by atoms with Crippen molar-refractivity contribution in [3.8, 4) is 6.07 Å². The van der Waals surface area contributed by atoms with E-state index in [1.54, 1.807) is 10.6 Å². The molecule has 1 N–H and O–H groups in total. The fourth-order valence-corrected chi connectivity index (χ4v) is 2.23. The molecule has 1 heterocycles. The van der Waals surface area contributed by atoms with Crippen LogP contribution in [0.4, 0.5) is 4.39 Å². The Morgan fingerprint density at radius 1 is 1.55 bits per heavy atom. The molecule has 0 aliphatic heterocycles. The van der Waals surface area contributed by atoms with Gasteiger partial charge in [0.15, 0.2) is 0 Å². The Kier molecular flexibility index (Phi) is 4.32. The molecule has 0 bridgehead atoms. The third-order valence-electron chi connectivity index (χ3n) is 3.46. The van der Waals surface area contributed by atoms with E-state index in [0.717, 1.165) is 5.52 Å². The molecule has 5 nitrogen and oxygen atoms in total. The summed E-state index contributed by atoms with van der Waals surface area (Å²) in [5, 5.41) is 18.0. The monoisotopic (exact) mass is 276 g/mol. The number of aromatic nitrogens is 2. The quantitative estimate of drug-likeness (QED) is 0.902. The molecule has 0 fully saturated rings. The second-order valence-electron chi connectivity index (χ2n) is 4.73. The average Bonchev–Trinajstić information content (AvgIpc) is 2.76. The van der Waals surface area contributed by atoms with Gasteiger partial charge < -0.3 is 9.67 Å². The SMILES string of the molecule is CC(c1nc2cc(F)ccc2n1CC#N)N(C)CCO. The van der Waals surface area contributed by atoms with Crippen molar-refractivity contribution in [2.24, 2.45) is 0 Å². The number of aliphatic hydroxyl groups excluding tert-OH is 1. The highest BCUT2D eigenvalue weighted by atomic mass is 19.1. The van der Waals surface area contributed by atoms with Gasteiger partial charge in [0, 0.05) is 12.6 Å². The number of imidazole rings is 1. The van der Waals surface area contributed by atoms with Crippen LogP contribution in [0.3, 0.4) is 0 Å². The largest absolute Gasteiger partial charge is 0.395 e. The van der Waals surface area contributed by atoms with Crippen molar-refractivity contribution >= 4 is 11.0 Å². The van der Waals surface area contributed by atoms with Crippen molar-refractivity contribution in [1.82, 2.24) is 14.5 Å². The van der Waals surface area contributed by atoms with Crippen molar-refractivity contribution in [1.29, 1.82) is 5.26 Å². The van der Waals surface area contributed by atoms with E-state index in [1.165, 1.54) is 12.1 Å². The van der Waals surface area contributed by atoms with Crippen LogP contribution in [-0.4, -0.2) is 39.8 Å². The predicted molar refractivity (Wildman–Crippen MR) is 73.4 cm³/mol. The van der Waals surface area contributed by atoms with E-state index >= 15 is 0 Å². The zero-order chi connectivity index (χ0) is 14.7. The maximum Gasteiger partial charge on any atom is 0.127 e. The van der Waals surface area contributed by atoms with E-state index in [-0.39, 0.29) is 25.0 Å². The highest BCUT2D eigenvalue weighted by Gasteiger charge is 2.20. The number of benzene rings is 1. The number of aliphatic hydroxyl groups is 1. The van der Waals surface area contributed by atoms with Crippen molar-refractivity contribution in [3.05, 3.63) is 29.8 Å². The van der Waals surface area contributed by atoms with Gasteiger partial charge in [-0.3, -0.25) is 4.90 Å². The second-order valence-corrected chi connectivity index (χ2v) is 4.73. The molecule has 0 radical (unpaired) electrons. The third kappa shape index (κ3) is 2.64. The Bertz CT molecular complexity index is 646. The lowest BCUT2D eigenvalue weighted by molar-refractivity contribution is 0.183. The minimum atomic E-state index is -0.345. The first-order chi connectivity index (χ1) is 9.58. The lowest BCUT2D eigenvalue weighted by Gasteiger charge is -2.23. The first-order valence-electron chi connectivity index (χ1n) is 6.42. The first-order valence-corrected chi connectivity index (χ1v) is 6.42. The van der Waals surface area contributed by atoms with Crippen LogP contribution < -0.4 is 0 Å². The molecule has 0 amide bonds. The molecule has 0 saturated carbocycles. The van der Waals surface area contributed by atoms with E-state index in [9.17, 15) is 4.39 Å². The molecule has 1 unspecified atom stereocenters. The van der Waals surface area contributed by atoms with Crippen LogP contribution in [0, 0.1) is 17.1 Å². The summed E-state index contributed by atoms with van der Waals surface area (Å²) in [7, 11) is 1.87. The number of likely N-dealkylation sites (N-methyl/N-ethyl adjacent to an activating group) is 1. The average molecular weight is 276 g/mol. The van der Waals surface area contributed by atoms with Crippen LogP contribution >= 0.6 is 0 Å². The lowest BCUT2D eigenvalue weighted by atomic mass is 10.2. The molecule has 106 valence electrons. The molecule has 1 aromatic carbocycles. The summed E-state index contributed by atoms with van der Waals surface area (Å²) in [4.78, 5) is 6.38. The van der Waals surface area contributed by atoms with Gasteiger partial charge in [0.2, 0.25) is 0 Å². The molecule has 20 heavy (non-hydrogen) atoms. The van der Waals surface area contributed by atoms with Crippen molar-refractivity contribution < 1.29 is 9.50 Å². The van der Waals surface area contributed by atoms with Gasteiger partial charge in [0.05, 0.1) is 29.8 Å². The Balaban J connectivity index is 2.51. The van der Waals surface area contributed by atoms with Crippen LogP contribution in [0.2, 0.25) is 0 Å². The number of nitrogens with zero attached hydrogens (tertiary/aromatic N) is 4. The van der Waals surface area contributed by atoms with Crippen molar-refractivity contribution in [3.63, 3.8) is 0 Å². The Morgan fingerprint density at radius 3 is 2.95 bits per heavy atom. The summed E-state index contributed by atoms with van der Waals surface area (Å²) in [5.41, 5.74) is 1.28. The van der Waals surface area contributed by atoms with Crippen LogP contribution in [-0.2, 0) is 6.54 Å². The van der Waals surface area contributed by atoms with Crippen LogP contribution in [0.25, 0.3) is 11.0 Å². The molecule has 0 spiro atoms. The van der Waals surface area contributed by atoms with E-state index in [4.69, 9.17) is 10.4 Å². The third-order valence-corrected chi connectivity index (χ3v) is 3.46. The van der Waals surface area contributed by atoms with Gasteiger partial charge in [-0.15, -0.1) is 0 Å². The minimum Gasteiger partial charge on any atom is -0.395 e.